The van der Waals surface area contributed by atoms with Gasteiger partial charge in [-0.3, -0.25) is 8.75 Å². The van der Waals surface area contributed by atoms with Crippen LogP contribution in [0.25, 0.3) is 0 Å². The summed E-state index contributed by atoms with van der Waals surface area (Å²) in [5, 5.41) is 10.4. The van der Waals surface area contributed by atoms with Crippen LogP contribution in [0.1, 0.15) is 0 Å². The van der Waals surface area contributed by atoms with Crippen LogP contribution in [0.2, 0.25) is 0 Å². The standard InChI is InChI=1S/C7H9N3O6S/c1-17(13,14)15-4-5-2-9-3-6(10(11)12)8-7(9)16-5/h3,5H,2,4H2,1H3. The number of aromatic nitrogens is 2. The summed E-state index contributed by atoms with van der Waals surface area (Å²) in [6, 6.07) is 0.0961. The molecule has 2 rings (SSSR count). The molecule has 0 saturated heterocycles. The van der Waals surface area contributed by atoms with E-state index in [2.05, 4.69) is 9.17 Å². The zero-order chi connectivity index (χ0) is 12.6. The third kappa shape index (κ3) is 2.71. The molecule has 1 aliphatic rings. The Morgan fingerprint density at radius 2 is 2.47 bits per heavy atom. The fourth-order valence-corrected chi connectivity index (χ4v) is 1.79. The van der Waals surface area contributed by atoms with E-state index in [4.69, 9.17) is 4.74 Å². The lowest BCUT2D eigenvalue weighted by Crippen LogP contribution is -2.23. The Kier molecular flexibility index (Phi) is 2.75. The maximum absolute atomic E-state index is 10.8. The molecule has 1 atom stereocenters. The summed E-state index contributed by atoms with van der Waals surface area (Å²) >= 11 is 0. The van der Waals surface area contributed by atoms with Crippen LogP contribution in [-0.4, -0.2) is 41.9 Å². The molecule has 0 aromatic carbocycles. The number of hydrogen-bond acceptors (Lipinski definition) is 7. The van der Waals surface area contributed by atoms with Gasteiger partial charge in [-0.05, 0) is 4.92 Å². The topological polar surface area (TPSA) is 114 Å². The Hall–Kier alpha value is -1.68. The van der Waals surface area contributed by atoms with Crippen molar-refractivity contribution in [2.24, 2.45) is 0 Å². The Labute approximate surface area is 96.2 Å². The Morgan fingerprint density at radius 3 is 3.00 bits per heavy atom. The Balaban J connectivity index is 1.98. The number of imidazole rings is 1. The zero-order valence-electron chi connectivity index (χ0n) is 8.77. The molecule has 0 saturated carbocycles. The predicted molar refractivity (Wildman–Crippen MR) is 54.1 cm³/mol. The van der Waals surface area contributed by atoms with E-state index >= 15 is 0 Å². The SMILES string of the molecule is CS(=O)(=O)OCC1Cn2cc([N+](=O)[O-])nc2O1. The van der Waals surface area contributed by atoms with Gasteiger partial charge in [0.05, 0.1) is 12.8 Å². The highest BCUT2D eigenvalue weighted by Gasteiger charge is 2.31. The third-order valence-corrected chi connectivity index (χ3v) is 2.62. The molecule has 0 spiro atoms. The van der Waals surface area contributed by atoms with Crippen molar-refractivity contribution in [2.75, 3.05) is 12.9 Å². The van der Waals surface area contributed by atoms with Crippen LogP contribution >= 0.6 is 0 Å². The highest BCUT2D eigenvalue weighted by atomic mass is 32.2. The molecule has 1 aliphatic heterocycles. The average Bonchev–Trinajstić information content (AvgIpc) is 2.69. The van der Waals surface area contributed by atoms with Gasteiger partial charge in [0.1, 0.15) is 18.9 Å². The average molecular weight is 263 g/mol. The summed E-state index contributed by atoms with van der Waals surface area (Å²) in [6.07, 6.45) is 1.66. The van der Waals surface area contributed by atoms with Crippen molar-refractivity contribution in [1.82, 2.24) is 9.55 Å². The lowest BCUT2D eigenvalue weighted by Gasteiger charge is -2.07. The summed E-state index contributed by atoms with van der Waals surface area (Å²) < 4.78 is 32.7. The summed E-state index contributed by atoms with van der Waals surface area (Å²) in [5.74, 6) is -0.303. The lowest BCUT2D eigenvalue weighted by molar-refractivity contribution is -0.389. The maximum atomic E-state index is 10.8. The number of nitrogens with zero attached hydrogens (tertiary/aromatic N) is 3. The molecular weight excluding hydrogens is 254 g/mol. The summed E-state index contributed by atoms with van der Waals surface area (Å²) in [7, 11) is -3.52. The molecule has 1 unspecified atom stereocenters. The van der Waals surface area contributed by atoms with E-state index < -0.39 is 21.1 Å². The molecule has 17 heavy (non-hydrogen) atoms. The first-order valence-electron chi connectivity index (χ1n) is 4.58. The lowest BCUT2D eigenvalue weighted by atomic mass is 10.4. The molecule has 94 valence electrons. The van der Waals surface area contributed by atoms with Gasteiger partial charge in [-0.15, -0.1) is 0 Å². The molecule has 0 amide bonds. The van der Waals surface area contributed by atoms with Gasteiger partial charge >= 0.3 is 11.8 Å². The third-order valence-electron chi connectivity index (χ3n) is 2.05. The number of rotatable bonds is 4. The highest BCUT2D eigenvalue weighted by Crippen LogP contribution is 2.24. The van der Waals surface area contributed by atoms with Crippen molar-refractivity contribution >= 4 is 15.9 Å². The van der Waals surface area contributed by atoms with E-state index in [0.29, 0.717) is 0 Å². The molecule has 0 radical (unpaired) electrons. The number of hydrogen-bond donors (Lipinski definition) is 0. The Bertz CT molecular complexity index is 526. The fourth-order valence-electron chi connectivity index (χ4n) is 1.39. The van der Waals surface area contributed by atoms with E-state index in [-0.39, 0.29) is 25.0 Å². The maximum Gasteiger partial charge on any atom is 0.414 e. The van der Waals surface area contributed by atoms with E-state index in [9.17, 15) is 18.5 Å². The van der Waals surface area contributed by atoms with Crippen molar-refractivity contribution in [2.45, 2.75) is 12.6 Å². The van der Waals surface area contributed by atoms with E-state index in [0.717, 1.165) is 6.26 Å². The molecule has 9 nitrogen and oxygen atoms in total. The fraction of sp³-hybridized carbons (Fsp3) is 0.571. The smallest absolute Gasteiger partial charge is 0.414 e. The molecule has 2 heterocycles. The molecular formula is C7H9N3O6S. The second-order valence-corrected chi connectivity index (χ2v) is 5.16. The molecule has 0 N–H and O–H groups in total. The van der Waals surface area contributed by atoms with Crippen LogP contribution in [0.5, 0.6) is 6.01 Å². The van der Waals surface area contributed by atoms with Crippen molar-refractivity contribution in [3.8, 4) is 6.01 Å². The van der Waals surface area contributed by atoms with Gasteiger partial charge in [0.2, 0.25) is 0 Å². The van der Waals surface area contributed by atoms with E-state index in [1.54, 1.807) is 0 Å². The summed E-state index contributed by atoms with van der Waals surface area (Å²) in [4.78, 5) is 13.4. The molecule has 10 heteroatoms. The van der Waals surface area contributed by atoms with Crippen molar-refractivity contribution < 1.29 is 22.3 Å². The second kappa shape index (κ2) is 3.96. The normalized spacial score (nSPS) is 18.8. The van der Waals surface area contributed by atoms with Crippen molar-refractivity contribution in [3.63, 3.8) is 0 Å². The minimum absolute atomic E-state index is 0.0961. The van der Waals surface area contributed by atoms with Crippen LogP contribution in [-0.2, 0) is 20.8 Å². The van der Waals surface area contributed by atoms with Crippen LogP contribution in [0.3, 0.4) is 0 Å². The second-order valence-electron chi connectivity index (χ2n) is 3.52. The highest BCUT2D eigenvalue weighted by molar-refractivity contribution is 7.85. The van der Waals surface area contributed by atoms with Gasteiger partial charge in [0.25, 0.3) is 10.1 Å². The Morgan fingerprint density at radius 1 is 1.76 bits per heavy atom. The largest absolute Gasteiger partial charge is 0.438 e. The first-order valence-corrected chi connectivity index (χ1v) is 6.39. The summed E-state index contributed by atoms with van der Waals surface area (Å²) in [5.41, 5.74) is 0. The van der Waals surface area contributed by atoms with Gasteiger partial charge in [-0.2, -0.15) is 8.42 Å². The minimum atomic E-state index is -3.52. The number of nitro groups is 1. The first-order chi connectivity index (χ1) is 7.85. The van der Waals surface area contributed by atoms with Gasteiger partial charge in [0.15, 0.2) is 0 Å². The monoisotopic (exact) mass is 263 g/mol. The van der Waals surface area contributed by atoms with Crippen LogP contribution in [0.15, 0.2) is 6.20 Å². The predicted octanol–water partition coefficient (Wildman–Crippen LogP) is -0.472. The van der Waals surface area contributed by atoms with E-state index in [1.807, 2.05) is 0 Å². The van der Waals surface area contributed by atoms with E-state index in [1.165, 1.54) is 10.8 Å². The van der Waals surface area contributed by atoms with Crippen molar-refractivity contribution in [3.05, 3.63) is 16.3 Å². The van der Waals surface area contributed by atoms with Crippen LogP contribution in [0, 0.1) is 10.1 Å². The van der Waals surface area contributed by atoms with Gasteiger partial charge < -0.3 is 14.9 Å². The molecule has 0 fully saturated rings. The van der Waals surface area contributed by atoms with Gasteiger partial charge in [0, 0.05) is 4.98 Å². The molecule has 1 aromatic heterocycles. The molecule has 1 aromatic rings. The number of ether oxygens (including phenoxy) is 1. The van der Waals surface area contributed by atoms with Gasteiger partial charge in [-0.1, -0.05) is 0 Å². The minimum Gasteiger partial charge on any atom is -0.438 e. The quantitative estimate of drug-likeness (QED) is 0.409. The molecule has 0 aliphatic carbocycles. The van der Waals surface area contributed by atoms with Crippen LogP contribution in [0.4, 0.5) is 5.82 Å². The zero-order valence-corrected chi connectivity index (χ0v) is 9.58. The van der Waals surface area contributed by atoms with Crippen LogP contribution < -0.4 is 4.74 Å². The first kappa shape index (κ1) is 11.8. The van der Waals surface area contributed by atoms with Crippen molar-refractivity contribution in [1.29, 1.82) is 0 Å². The number of fused-ring (bicyclic) bond motifs is 1. The molecule has 0 bridgehead atoms. The van der Waals surface area contributed by atoms with Gasteiger partial charge in [-0.25, -0.2) is 0 Å². The summed E-state index contributed by atoms with van der Waals surface area (Å²) in [6.45, 7) is 0.127.